The van der Waals surface area contributed by atoms with Crippen molar-refractivity contribution in [2.75, 3.05) is 11.9 Å². The van der Waals surface area contributed by atoms with Crippen LogP contribution in [0.5, 0.6) is 0 Å². The van der Waals surface area contributed by atoms with Crippen molar-refractivity contribution in [2.45, 2.75) is 13.3 Å². The molecule has 0 atom stereocenters. The molecular weight excluding hydrogens is 278 g/mol. The van der Waals surface area contributed by atoms with Crippen molar-refractivity contribution in [3.05, 3.63) is 54.9 Å². The Hall–Kier alpha value is -2.89. The van der Waals surface area contributed by atoms with E-state index in [2.05, 4.69) is 32.2 Å². The Bertz CT molecular complexity index is 714. The minimum atomic E-state index is -0.311. The predicted molar refractivity (Wildman–Crippen MR) is 88.6 cm³/mol. The van der Waals surface area contributed by atoms with E-state index in [1.165, 1.54) is 6.20 Å². The van der Waals surface area contributed by atoms with Crippen molar-refractivity contribution >= 4 is 23.0 Å². The van der Waals surface area contributed by atoms with Gasteiger partial charge in [0.2, 0.25) is 0 Å². The van der Waals surface area contributed by atoms with E-state index in [0.29, 0.717) is 29.9 Å². The maximum Gasteiger partial charge on any atom is 0.320 e. The van der Waals surface area contributed by atoms with Crippen LogP contribution in [0.15, 0.2) is 54.9 Å². The molecule has 2 rings (SSSR count). The van der Waals surface area contributed by atoms with Crippen LogP contribution in [0.2, 0.25) is 0 Å². The van der Waals surface area contributed by atoms with Crippen LogP contribution < -0.4 is 10.6 Å². The third-order valence-corrected chi connectivity index (χ3v) is 2.87. The summed E-state index contributed by atoms with van der Waals surface area (Å²) in [5.41, 5.74) is 2.35. The molecule has 0 bridgehead atoms. The first-order valence-corrected chi connectivity index (χ1v) is 7.01. The number of aromatic amines is 1. The average Bonchev–Trinajstić information content (AvgIpc) is 2.95. The maximum absolute atomic E-state index is 11.8. The highest BCUT2D eigenvalue weighted by atomic mass is 16.2. The van der Waals surface area contributed by atoms with E-state index < -0.39 is 0 Å². The van der Waals surface area contributed by atoms with Gasteiger partial charge in [-0.2, -0.15) is 0 Å². The molecule has 114 valence electrons. The zero-order valence-electron chi connectivity index (χ0n) is 12.5. The fourth-order valence-electron chi connectivity index (χ4n) is 1.77. The zero-order valence-corrected chi connectivity index (χ0v) is 12.5. The SMILES string of the molecule is C=C(/C=C\C=C/C)CCNC(=O)Nc1cnc2[nH]ccc2n1. The van der Waals surface area contributed by atoms with E-state index in [1.54, 1.807) is 12.3 Å². The molecule has 2 aromatic rings. The molecule has 6 heteroatoms. The summed E-state index contributed by atoms with van der Waals surface area (Å²) in [4.78, 5) is 23.1. The number of rotatable bonds is 6. The number of hydrogen-bond acceptors (Lipinski definition) is 3. The van der Waals surface area contributed by atoms with Crippen LogP contribution >= 0.6 is 0 Å². The molecule has 0 aromatic carbocycles. The van der Waals surface area contributed by atoms with Gasteiger partial charge < -0.3 is 10.3 Å². The quantitative estimate of drug-likeness (QED) is 0.716. The van der Waals surface area contributed by atoms with E-state index in [1.807, 2.05) is 31.2 Å². The molecule has 22 heavy (non-hydrogen) atoms. The Morgan fingerprint density at radius 1 is 1.45 bits per heavy atom. The Morgan fingerprint density at radius 3 is 3.14 bits per heavy atom. The lowest BCUT2D eigenvalue weighted by atomic mass is 10.2. The summed E-state index contributed by atoms with van der Waals surface area (Å²) >= 11 is 0. The van der Waals surface area contributed by atoms with E-state index in [-0.39, 0.29) is 6.03 Å². The topological polar surface area (TPSA) is 82.7 Å². The number of urea groups is 1. The first kappa shape index (κ1) is 15.5. The van der Waals surface area contributed by atoms with Crippen molar-refractivity contribution in [1.29, 1.82) is 0 Å². The molecule has 0 aliphatic carbocycles. The minimum Gasteiger partial charge on any atom is -0.345 e. The van der Waals surface area contributed by atoms with E-state index >= 15 is 0 Å². The van der Waals surface area contributed by atoms with Crippen LogP contribution in [0.3, 0.4) is 0 Å². The zero-order chi connectivity index (χ0) is 15.8. The highest BCUT2D eigenvalue weighted by molar-refractivity contribution is 5.89. The van der Waals surface area contributed by atoms with Gasteiger partial charge in [0.25, 0.3) is 0 Å². The van der Waals surface area contributed by atoms with Crippen molar-refractivity contribution in [2.24, 2.45) is 0 Å². The number of hydrogen-bond donors (Lipinski definition) is 3. The molecule has 0 aliphatic rings. The molecule has 0 unspecified atom stereocenters. The first-order chi connectivity index (χ1) is 10.7. The number of carbonyl (C=O) groups excluding carboxylic acids is 1. The molecule has 2 aromatic heterocycles. The normalized spacial score (nSPS) is 11.3. The van der Waals surface area contributed by atoms with Gasteiger partial charge in [-0.15, -0.1) is 0 Å². The minimum absolute atomic E-state index is 0.311. The highest BCUT2D eigenvalue weighted by Gasteiger charge is 2.04. The number of aromatic nitrogens is 3. The smallest absolute Gasteiger partial charge is 0.320 e. The summed E-state index contributed by atoms with van der Waals surface area (Å²) in [6.07, 6.45) is 11.7. The van der Waals surface area contributed by atoms with Gasteiger partial charge in [0.15, 0.2) is 11.5 Å². The summed E-state index contributed by atoms with van der Waals surface area (Å²) in [5, 5.41) is 5.41. The van der Waals surface area contributed by atoms with E-state index in [0.717, 1.165) is 5.57 Å². The third kappa shape index (κ3) is 4.59. The Labute approximate surface area is 129 Å². The number of H-pyrrole nitrogens is 1. The Balaban J connectivity index is 1.76. The fourth-order valence-corrected chi connectivity index (χ4v) is 1.77. The van der Waals surface area contributed by atoms with Crippen LogP contribution in [0.4, 0.5) is 10.6 Å². The molecule has 0 radical (unpaired) electrons. The van der Waals surface area contributed by atoms with Gasteiger partial charge in [-0.25, -0.2) is 14.8 Å². The molecular formula is C16H19N5O. The summed E-state index contributed by atoms with van der Waals surface area (Å²) in [6.45, 7) is 6.37. The van der Waals surface area contributed by atoms with Gasteiger partial charge >= 0.3 is 6.03 Å². The second kappa shape index (κ2) is 7.78. The molecule has 0 fully saturated rings. The summed E-state index contributed by atoms with van der Waals surface area (Å²) in [7, 11) is 0. The second-order valence-corrected chi connectivity index (χ2v) is 4.64. The van der Waals surface area contributed by atoms with E-state index in [9.17, 15) is 4.79 Å². The monoisotopic (exact) mass is 297 g/mol. The number of anilines is 1. The number of nitrogens with zero attached hydrogens (tertiary/aromatic N) is 2. The lowest BCUT2D eigenvalue weighted by Gasteiger charge is -2.06. The van der Waals surface area contributed by atoms with Crippen molar-refractivity contribution < 1.29 is 4.79 Å². The Morgan fingerprint density at radius 2 is 2.32 bits per heavy atom. The van der Waals surface area contributed by atoms with Crippen LogP contribution in [0.25, 0.3) is 11.2 Å². The number of carbonyl (C=O) groups is 1. The largest absolute Gasteiger partial charge is 0.345 e. The van der Waals surface area contributed by atoms with Gasteiger partial charge in [0, 0.05) is 12.7 Å². The third-order valence-electron chi connectivity index (χ3n) is 2.87. The van der Waals surface area contributed by atoms with Crippen LogP contribution in [-0.4, -0.2) is 27.5 Å². The van der Waals surface area contributed by atoms with Crippen molar-refractivity contribution in [3.63, 3.8) is 0 Å². The van der Waals surface area contributed by atoms with Crippen LogP contribution in [-0.2, 0) is 0 Å². The molecule has 3 N–H and O–H groups in total. The number of allylic oxidation sites excluding steroid dienone is 4. The summed E-state index contributed by atoms with van der Waals surface area (Å²) in [5.74, 6) is 0.413. The number of fused-ring (bicyclic) bond motifs is 1. The lowest BCUT2D eigenvalue weighted by Crippen LogP contribution is -2.30. The lowest BCUT2D eigenvalue weighted by molar-refractivity contribution is 0.252. The molecule has 0 saturated carbocycles. The molecule has 2 heterocycles. The summed E-state index contributed by atoms with van der Waals surface area (Å²) < 4.78 is 0. The van der Waals surface area contributed by atoms with Crippen LogP contribution in [0.1, 0.15) is 13.3 Å². The van der Waals surface area contributed by atoms with Gasteiger partial charge in [-0.3, -0.25) is 5.32 Å². The van der Waals surface area contributed by atoms with Crippen molar-refractivity contribution in [1.82, 2.24) is 20.3 Å². The Kier molecular flexibility index (Phi) is 5.48. The second-order valence-electron chi connectivity index (χ2n) is 4.64. The molecule has 0 saturated heterocycles. The molecule has 6 nitrogen and oxygen atoms in total. The average molecular weight is 297 g/mol. The molecule has 0 aliphatic heterocycles. The van der Waals surface area contributed by atoms with Gasteiger partial charge in [-0.1, -0.05) is 36.5 Å². The number of amides is 2. The molecule has 0 spiro atoms. The van der Waals surface area contributed by atoms with Crippen LogP contribution in [0, 0.1) is 0 Å². The highest BCUT2D eigenvalue weighted by Crippen LogP contribution is 2.09. The van der Waals surface area contributed by atoms with Gasteiger partial charge in [0.1, 0.15) is 5.52 Å². The first-order valence-electron chi connectivity index (χ1n) is 7.01. The standard InChI is InChI=1S/C16H19N5O/c1-3-4-5-6-12(2)7-9-18-16(22)21-14-11-19-15-13(20-14)8-10-17-15/h3-6,8,10-11H,2,7,9H2,1H3,(H,17,19)(H2,18,20,21,22)/b4-3-,6-5-. The van der Waals surface area contributed by atoms with Gasteiger partial charge in [0.05, 0.1) is 6.20 Å². The molecule has 2 amide bonds. The van der Waals surface area contributed by atoms with E-state index in [4.69, 9.17) is 0 Å². The maximum atomic E-state index is 11.8. The summed E-state index contributed by atoms with van der Waals surface area (Å²) in [6, 6.07) is 1.49. The fraction of sp³-hybridized carbons (Fsp3) is 0.188. The number of nitrogens with one attached hydrogen (secondary N) is 3. The predicted octanol–water partition coefficient (Wildman–Crippen LogP) is 3.16. The van der Waals surface area contributed by atoms with Crippen molar-refractivity contribution in [3.8, 4) is 0 Å². The van der Waals surface area contributed by atoms with Gasteiger partial charge in [-0.05, 0) is 19.4 Å².